The molecular weight excluding hydrogens is 398 g/mol. The standard InChI is InChI=1S/C23H19N3O5/c1-3-31-21-12-15(11-20(22(21)27)26(29)30)10-19-14(2)24-25(23(19)28)18-9-8-16-6-4-5-7-17(16)13-18/h4-13,24,27H,2-3H2,1H3/p-1/b19-10-. The second-order valence-electron chi connectivity index (χ2n) is 6.88. The van der Waals surface area contributed by atoms with Gasteiger partial charge in [0.15, 0.2) is 0 Å². The zero-order valence-corrected chi connectivity index (χ0v) is 16.6. The summed E-state index contributed by atoms with van der Waals surface area (Å²) >= 11 is 0. The summed E-state index contributed by atoms with van der Waals surface area (Å²) in [7, 11) is 0. The molecule has 0 spiro atoms. The molecule has 0 radical (unpaired) electrons. The van der Waals surface area contributed by atoms with E-state index >= 15 is 0 Å². The number of fused-ring (bicyclic) bond motifs is 1. The minimum absolute atomic E-state index is 0.140. The summed E-state index contributed by atoms with van der Waals surface area (Å²) in [6.07, 6.45) is 1.45. The number of hydrogen-bond donors (Lipinski definition) is 1. The van der Waals surface area contributed by atoms with Crippen LogP contribution in [0.1, 0.15) is 12.5 Å². The molecule has 31 heavy (non-hydrogen) atoms. The molecule has 8 nitrogen and oxygen atoms in total. The number of benzene rings is 3. The van der Waals surface area contributed by atoms with E-state index in [1.807, 2.05) is 42.5 Å². The predicted molar refractivity (Wildman–Crippen MR) is 116 cm³/mol. The lowest BCUT2D eigenvalue weighted by molar-refractivity contribution is -0.398. The maximum absolute atomic E-state index is 13.1. The van der Waals surface area contributed by atoms with Gasteiger partial charge in [-0.05, 0) is 47.5 Å². The van der Waals surface area contributed by atoms with E-state index in [2.05, 4.69) is 11.7 Å². The van der Waals surface area contributed by atoms with Gasteiger partial charge in [0, 0.05) is 11.8 Å². The quantitative estimate of drug-likeness (QED) is 0.395. The number of aromatic amines is 1. The molecule has 0 amide bonds. The maximum Gasteiger partial charge on any atom is 0.279 e. The Hall–Kier alpha value is -4.33. The number of aromatic nitrogens is 2. The van der Waals surface area contributed by atoms with Crippen LogP contribution in [0.4, 0.5) is 5.69 Å². The van der Waals surface area contributed by atoms with Crippen molar-refractivity contribution in [3.8, 4) is 17.2 Å². The van der Waals surface area contributed by atoms with Crippen molar-refractivity contribution in [3.05, 3.63) is 91.2 Å². The van der Waals surface area contributed by atoms with Gasteiger partial charge in [0.05, 0.1) is 27.8 Å². The zero-order valence-electron chi connectivity index (χ0n) is 16.6. The molecule has 1 heterocycles. The topological polar surface area (TPSA) is 113 Å². The number of ether oxygens (including phenoxy) is 1. The average molecular weight is 416 g/mol. The summed E-state index contributed by atoms with van der Waals surface area (Å²) in [6.45, 7) is 5.73. The van der Waals surface area contributed by atoms with E-state index in [0.29, 0.717) is 16.6 Å². The SMILES string of the molecule is C=c1[nH]n(-c2ccc3ccccc3c2)c(=O)/c1=C\c1cc(OCC)c([O-])c([N+](=O)[O-])c1. The lowest BCUT2D eigenvalue weighted by Crippen LogP contribution is -2.34. The molecule has 1 N–H and O–H groups in total. The molecule has 0 fully saturated rings. The summed E-state index contributed by atoms with van der Waals surface area (Å²) in [6, 6.07) is 15.9. The van der Waals surface area contributed by atoms with Crippen molar-refractivity contribution in [1.29, 1.82) is 0 Å². The summed E-state index contributed by atoms with van der Waals surface area (Å²) < 4.78 is 6.60. The van der Waals surface area contributed by atoms with Crippen LogP contribution in [0, 0.1) is 10.1 Å². The summed E-state index contributed by atoms with van der Waals surface area (Å²) in [4.78, 5) is 23.6. The van der Waals surface area contributed by atoms with Crippen LogP contribution in [0.5, 0.6) is 11.5 Å². The van der Waals surface area contributed by atoms with E-state index in [1.54, 1.807) is 6.92 Å². The summed E-state index contributed by atoms with van der Waals surface area (Å²) in [5.74, 6) is -0.944. The first-order valence-electron chi connectivity index (χ1n) is 9.52. The van der Waals surface area contributed by atoms with Crippen molar-refractivity contribution in [2.24, 2.45) is 0 Å². The van der Waals surface area contributed by atoms with Gasteiger partial charge in [-0.25, -0.2) is 4.68 Å². The molecule has 0 saturated carbocycles. The molecule has 0 saturated heterocycles. The van der Waals surface area contributed by atoms with Gasteiger partial charge in [0.1, 0.15) is 5.75 Å². The number of nitro groups is 1. The highest BCUT2D eigenvalue weighted by atomic mass is 16.6. The first-order valence-corrected chi connectivity index (χ1v) is 9.52. The highest BCUT2D eigenvalue weighted by molar-refractivity contribution is 5.84. The molecule has 0 unspecified atom stereocenters. The molecule has 0 aliphatic carbocycles. The van der Waals surface area contributed by atoms with E-state index in [9.17, 15) is 20.0 Å². The van der Waals surface area contributed by atoms with Crippen molar-refractivity contribution in [3.63, 3.8) is 0 Å². The van der Waals surface area contributed by atoms with E-state index in [1.165, 1.54) is 16.8 Å². The Morgan fingerprint density at radius 2 is 1.90 bits per heavy atom. The molecule has 0 atom stereocenters. The fraction of sp³-hybridized carbons (Fsp3) is 0.0870. The molecule has 1 aromatic heterocycles. The maximum atomic E-state index is 13.1. The Morgan fingerprint density at radius 3 is 2.61 bits per heavy atom. The van der Waals surface area contributed by atoms with Crippen molar-refractivity contribution in [1.82, 2.24) is 9.78 Å². The fourth-order valence-corrected chi connectivity index (χ4v) is 3.40. The summed E-state index contributed by atoms with van der Waals surface area (Å²) in [5.41, 5.74) is -0.0640. The molecule has 0 aliphatic heterocycles. The zero-order chi connectivity index (χ0) is 22.1. The second kappa shape index (κ2) is 7.83. The first kappa shape index (κ1) is 20.0. The van der Waals surface area contributed by atoms with Gasteiger partial charge in [-0.15, -0.1) is 0 Å². The van der Waals surface area contributed by atoms with Gasteiger partial charge >= 0.3 is 0 Å². The largest absolute Gasteiger partial charge is 0.865 e. The molecule has 8 heteroatoms. The van der Waals surface area contributed by atoms with Gasteiger partial charge in [-0.1, -0.05) is 36.9 Å². The van der Waals surface area contributed by atoms with Crippen LogP contribution in [0.25, 0.3) is 29.1 Å². The molecule has 3 aromatic carbocycles. The molecule has 4 rings (SSSR count). The minimum atomic E-state index is -0.804. The molecule has 156 valence electrons. The van der Waals surface area contributed by atoms with E-state index < -0.39 is 16.4 Å². The lowest BCUT2D eigenvalue weighted by atomic mass is 10.1. The van der Waals surface area contributed by atoms with Crippen LogP contribution >= 0.6 is 0 Å². The molecule has 0 bridgehead atoms. The van der Waals surface area contributed by atoms with Gasteiger partial charge in [0.2, 0.25) is 0 Å². The van der Waals surface area contributed by atoms with Crippen molar-refractivity contribution in [2.45, 2.75) is 6.92 Å². The third-order valence-corrected chi connectivity index (χ3v) is 4.86. The van der Waals surface area contributed by atoms with Crippen molar-refractivity contribution < 1.29 is 14.8 Å². The Kier molecular flexibility index (Phi) is 5.04. The Labute approximate surface area is 176 Å². The number of nitro benzene ring substituents is 1. The second-order valence-corrected chi connectivity index (χ2v) is 6.88. The van der Waals surface area contributed by atoms with Gasteiger partial charge in [-0.3, -0.25) is 20.0 Å². The highest BCUT2D eigenvalue weighted by Crippen LogP contribution is 2.34. The average Bonchev–Trinajstić information content (AvgIpc) is 3.03. The number of rotatable bonds is 5. The minimum Gasteiger partial charge on any atom is -0.865 e. The fourth-order valence-electron chi connectivity index (χ4n) is 3.40. The van der Waals surface area contributed by atoms with Crippen LogP contribution < -0.4 is 26.0 Å². The van der Waals surface area contributed by atoms with Crippen LogP contribution in [0.3, 0.4) is 0 Å². The van der Waals surface area contributed by atoms with Crippen LogP contribution in [-0.4, -0.2) is 21.3 Å². The van der Waals surface area contributed by atoms with E-state index in [4.69, 9.17) is 4.74 Å². The predicted octanol–water partition coefficient (Wildman–Crippen LogP) is 1.94. The van der Waals surface area contributed by atoms with Gasteiger partial charge < -0.3 is 9.84 Å². The van der Waals surface area contributed by atoms with Gasteiger partial charge in [0.25, 0.3) is 11.2 Å². The molecule has 4 aromatic rings. The van der Waals surface area contributed by atoms with E-state index in [-0.39, 0.29) is 23.1 Å². The van der Waals surface area contributed by atoms with Gasteiger partial charge in [-0.2, -0.15) is 0 Å². The Bertz CT molecular complexity index is 1480. The number of H-pyrrole nitrogens is 1. The van der Waals surface area contributed by atoms with E-state index in [0.717, 1.165) is 16.8 Å². The summed E-state index contributed by atoms with van der Waals surface area (Å²) in [5, 5.41) is 29.0. The number of nitrogens with one attached hydrogen (secondary N) is 1. The van der Waals surface area contributed by atoms with Crippen LogP contribution in [0.15, 0.2) is 59.4 Å². The molecule has 0 aliphatic rings. The monoisotopic (exact) mass is 416 g/mol. The number of nitrogens with zero attached hydrogens (tertiary/aromatic N) is 2. The number of hydrogen-bond acceptors (Lipinski definition) is 5. The van der Waals surface area contributed by atoms with Crippen molar-refractivity contribution in [2.75, 3.05) is 6.61 Å². The Morgan fingerprint density at radius 1 is 1.16 bits per heavy atom. The third kappa shape index (κ3) is 3.66. The highest BCUT2D eigenvalue weighted by Gasteiger charge is 2.14. The smallest absolute Gasteiger partial charge is 0.279 e. The van der Waals surface area contributed by atoms with Crippen LogP contribution in [-0.2, 0) is 0 Å². The third-order valence-electron chi connectivity index (χ3n) is 4.86. The first-order chi connectivity index (χ1) is 14.9. The molecular formula is C23H18N3O5-. The van der Waals surface area contributed by atoms with Crippen molar-refractivity contribution >= 4 is 29.1 Å². The normalized spacial score (nSPS) is 11.7. The van der Waals surface area contributed by atoms with Crippen LogP contribution in [0.2, 0.25) is 0 Å². The lowest BCUT2D eigenvalue weighted by Gasteiger charge is -2.14. The Balaban J connectivity index is 1.88.